The average Bonchev–Trinajstić information content (AvgIpc) is 2.65. The number of hydrogen-bond donors (Lipinski definition) is 0. The fourth-order valence-corrected chi connectivity index (χ4v) is 3.87. The van der Waals surface area contributed by atoms with Crippen LogP contribution in [0.4, 0.5) is 4.39 Å². The molecule has 2 bridgehead atoms. The third kappa shape index (κ3) is 2.61. The van der Waals surface area contributed by atoms with Crippen LogP contribution in [0.25, 0.3) is 0 Å². The molecule has 3 rings (SSSR count). The summed E-state index contributed by atoms with van der Waals surface area (Å²) in [5.74, 6) is -0.00817. The largest absolute Gasteiger partial charge is 0.300 e. The highest BCUT2D eigenvalue weighted by atomic mass is 35.5. The first kappa shape index (κ1) is 14.0. The smallest absolute Gasteiger partial charge is 0.140 e. The molecule has 108 valence electrons. The van der Waals surface area contributed by atoms with Gasteiger partial charge in [-0.2, -0.15) is 0 Å². The van der Waals surface area contributed by atoms with Crippen LogP contribution in [0.5, 0.6) is 0 Å². The quantitative estimate of drug-likeness (QED) is 0.851. The Bertz CT molecular complexity index is 519. The molecule has 2 fully saturated rings. The van der Waals surface area contributed by atoms with E-state index in [4.69, 9.17) is 11.6 Å². The van der Waals surface area contributed by atoms with E-state index >= 15 is 0 Å². The number of Topliss-reactive ketones (excluding diaryl/α,β-unsaturated/α-hetero) is 1. The van der Waals surface area contributed by atoms with Gasteiger partial charge in [0.2, 0.25) is 0 Å². The maximum Gasteiger partial charge on any atom is 0.140 e. The van der Waals surface area contributed by atoms with Crippen molar-refractivity contribution in [1.29, 1.82) is 0 Å². The highest BCUT2D eigenvalue weighted by molar-refractivity contribution is 6.31. The van der Waals surface area contributed by atoms with Crippen molar-refractivity contribution in [3.63, 3.8) is 0 Å². The van der Waals surface area contributed by atoms with Crippen molar-refractivity contribution in [3.05, 3.63) is 34.6 Å². The number of piperidine rings is 1. The molecule has 4 heteroatoms. The van der Waals surface area contributed by atoms with E-state index in [1.54, 1.807) is 0 Å². The first-order chi connectivity index (χ1) is 9.54. The highest BCUT2D eigenvalue weighted by Crippen LogP contribution is 2.38. The van der Waals surface area contributed by atoms with E-state index in [0.717, 1.165) is 12.8 Å². The van der Waals surface area contributed by atoms with Gasteiger partial charge in [-0.3, -0.25) is 4.79 Å². The molecular weight excluding hydrogens is 277 g/mol. The monoisotopic (exact) mass is 295 g/mol. The molecule has 2 saturated heterocycles. The van der Waals surface area contributed by atoms with Crippen molar-refractivity contribution in [2.24, 2.45) is 5.92 Å². The van der Waals surface area contributed by atoms with Crippen LogP contribution in [0.3, 0.4) is 0 Å². The summed E-state index contributed by atoms with van der Waals surface area (Å²) < 4.78 is 13.2. The van der Waals surface area contributed by atoms with Gasteiger partial charge in [-0.1, -0.05) is 11.6 Å². The number of rotatable bonds is 3. The van der Waals surface area contributed by atoms with E-state index in [1.807, 2.05) is 0 Å². The Hall–Kier alpha value is -0.930. The molecule has 0 spiro atoms. The zero-order valence-corrected chi connectivity index (χ0v) is 12.4. The standard InChI is InChI=1S/C16H19ClFNO/c1-19-13-3-4-14(19)8-11(7-13)16(20)9-10-6-12(18)2-5-15(10)17/h2,5-6,11,13-14H,3-4,7-9H2,1H3. The SMILES string of the molecule is CN1C2CCC1CC(C(=O)Cc1cc(F)ccc1Cl)C2. The van der Waals surface area contributed by atoms with Crippen LogP contribution >= 0.6 is 11.6 Å². The number of carbonyl (C=O) groups excluding carboxylic acids is 1. The van der Waals surface area contributed by atoms with E-state index in [-0.39, 0.29) is 23.9 Å². The molecule has 1 aromatic carbocycles. The summed E-state index contributed by atoms with van der Waals surface area (Å²) in [4.78, 5) is 14.9. The highest BCUT2D eigenvalue weighted by Gasteiger charge is 2.40. The van der Waals surface area contributed by atoms with E-state index in [0.29, 0.717) is 22.7 Å². The molecule has 0 amide bonds. The number of benzene rings is 1. The summed E-state index contributed by atoms with van der Waals surface area (Å²) in [5, 5.41) is 0.482. The van der Waals surface area contributed by atoms with Gasteiger partial charge in [-0.15, -0.1) is 0 Å². The van der Waals surface area contributed by atoms with Gasteiger partial charge in [-0.05, 0) is 56.5 Å². The van der Waals surface area contributed by atoms with Crippen LogP contribution in [0.15, 0.2) is 18.2 Å². The van der Waals surface area contributed by atoms with Crippen LogP contribution in [-0.4, -0.2) is 29.8 Å². The van der Waals surface area contributed by atoms with E-state index in [9.17, 15) is 9.18 Å². The fourth-order valence-electron chi connectivity index (χ4n) is 3.69. The van der Waals surface area contributed by atoms with Gasteiger partial charge >= 0.3 is 0 Å². The lowest BCUT2D eigenvalue weighted by atomic mass is 9.85. The van der Waals surface area contributed by atoms with Crippen molar-refractivity contribution >= 4 is 17.4 Å². The second-order valence-electron chi connectivity index (χ2n) is 6.10. The van der Waals surface area contributed by atoms with Crippen molar-refractivity contribution < 1.29 is 9.18 Å². The van der Waals surface area contributed by atoms with Crippen molar-refractivity contribution in [1.82, 2.24) is 4.90 Å². The van der Waals surface area contributed by atoms with Crippen LogP contribution in [0.1, 0.15) is 31.2 Å². The number of hydrogen-bond acceptors (Lipinski definition) is 2. The Morgan fingerprint density at radius 3 is 2.65 bits per heavy atom. The molecular formula is C16H19ClFNO. The summed E-state index contributed by atoms with van der Waals surface area (Å²) >= 11 is 6.04. The molecule has 0 radical (unpaired) electrons. The number of fused-ring (bicyclic) bond motifs is 2. The second kappa shape index (κ2) is 5.45. The minimum atomic E-state index is -0.333. The first-order valence-electron chi connectivity index (χ1n) is 7.23. The summed E-state index contributed by atoms with van der Waals surface area (Å²) in [5.41, 5.74) is 0.614. The molecule has 0 aliphatic carbocycles. The Morgan fingerprint density at radius 2 is 2.00 bits per heavy atom. The predicted octanol–water partition coefficient (Wildman–Crippen LogP) is 3.46. The maximum atomic E-state index is 13.2. The van der Waals surface area contributed by atoms with Gasteiger partial charge in [0, 0.05) is 29.4 Å². The second-order valence-corrected chi connectivity index (χ2v) is 6.50. The van der Waals surface area contributed by atoms with Crippen molar-refractivity contribution in [2.75, 3.05) is 7.05 Å². The molecule has 2 atom stereocenters. The molecule has 0 aromatic heterocycles. The van der Waals surface area contributed by atoms with Gasteiger partial charge in [-0.25, -0.2) is 4.39 Å². The van der Waals surface area contributed by atoms with E-state index in [2.05, 4.69) is 11.9 Å². The minimum absolute atomic E-state index is 0.114. The average molecular weight is 296 g/mol. The lowest BCUT2D eigenvalue weighted by Gasteiger charge is -2.35. The molecule has 2 aliphatic rings. The van der Waals surface area contributed by atoms with Gasteiger partial charge in [0.15, 0.2) is 0 Å². The van der Waals surface area contributed by atoms with Crippen LogP contribution in [0.2, 0.25) is 5.02 Å². The zero-order valence-electron chi connectivity index (χ0n) is 11.6. The predicted molar refractivity (Wildman–Crippen MR) is 77.4 cm³/mol. The molecule has 2 unspecified atom stereocenters. The van der Waals surface area contributed by atoms with Crippen molar-refractivity contribution in [3.8, 4) is 0 Å². The van der Waals surface area contributed by atoms with Gasteiger partial charge < -0.3 is 4.90 Å². The summed E-state index contributed by atoms with van der Waals surface area (Å²) in [7, 11) is 2.16. The third-order valence-corrected chi connectivity index (χ3v) is 5.29. The van der Waals surface area contributed by atoms with Crippen LogP contribution < -0.4 is 0 Å². The number of carbonyl (C=O) groups is 1. The summed E-state index contributed by atoms with van der Waals surface area (Å²) in [6.07, 6.45) is 4.54. The molecule has 20 heavy (non-hydrogen) atoms. The number of halogens is 2. The first-order valence-corrected chi connectivity index (χ1v) is 7.61. The molecule has 0 saturated carbocycles. The molecule has 2 aliphatic heterocycles. The van der Waals surface area contributed by atoms with Crippen LogP contribution in [0, 0.1) is 11.7 Å². The Labute approximate surface area is 123 Å². The van der Waals surface area contributed by atoms with E-state index < -0.39 is 0 Å². The van der Waals surface area contributed by atoms with Gasteiger partial charge in [0.25, 0.3) is 0 Å². The zero-order chi connectivity index (χ0) is 14.3. The van der Waals surface area contributed by atoms with Gasteiger partial charge in [0.05, 0.1) is 0 Å². The molecule has 1 aromatic rings. The van der Waals surface area contributed by atoms with Crippen molar-refractivity contribution in [2.45, 2.75) is 44.2 Å². The normalized spacial score (nSPS) is 29.6. The van der Waals surface area contributed by atoms with E-state index in [1.165, 1.54) is 31.0 Å². The number of nitrogens with zero attached hydrogens (tertiary/aromatic N) is 1. The number of ketones is 1. The minimum Gasteiger partial charge on any atom is -0.300 e. The summed E-state index contributed by atoms with van der Waals surface area (Å²) in [6.45, 7) is 0. The summed E-state index contributed by atoms with van der Waals surface area (Å²) in [6, 6.07) is 5.32. The Morgan fingerprint density at radius 1 is 1.35 bits per heavy atom. The molecule has 2 nitrogen and oxygen atoms in total. The van der Waals surface area contributed by atoms with Gasteiger partial charge in [0.1, 0.15) is 11.6 Å². The molecule has 2 heterocycles. The Kier molecular flexibility index (Phi) is 3.83. The fraction of sp³-hybridized carbons (Fsp3) is 0.562. The lowest BCUT2D eigenvalue weighted by molar-refractivity contribution is -0.124. The Balaban J connectivity index is 1.69. The lowest BCUT2D eigenvalue weighted by Crippen LogP contribution is -2.42. The maximum absolute atomic E-state index is 13.2. The third-order valence-electron chi connectivity index (χ3n) is 4.93. The molecule has 0 N–H and O–H groups in total. The van der Waals surface area contributed by atoms with Crippen LogP contribution in [-0.2, 0) is 11.2 Å². The topological polar surface area (TPSA) is 20.3 Å².